The number of benzene rings is 1. The van der Waals surface area contributed by atoms with E-state index in [9.17, 15) is 9.18 Å². The molecule has 88 valence electrons. The van der Waals surface area contributed by atoms with Crippen LogP contribution >= 0.6 is 15.9 Å². The molecule has 2 rings (SSSR count). The Morgan fingerprint density at radius 3 is 2.76 bits per heavy atom. The summed E-state index contributed by atoms with van der Waals surface area (Å²) in [4.78, 5) is 10.8. The molecule has 0 saturated heterocycles. The molecule has 0 bridgehead atoms. The second-order valence-electron chi connectivity index (χ2n) is 3.34. The second-order valence-corrected chi connectivity index (χ2v) is 4.19. The van der Waals surface area contributed by atoms with Crippen LogP contribution in [0.15, 0.2) is 22.7 Å². The summed E-state index contributed by atoms with van der Waals surface area (Å²) in [7, 11) is 0. The summed E-state index contributed by atoms with van der Waals surface area (Å²) in [6.07, 6.45) is 0. The molecule has 0 aliphatic rings. The van der Waals surface area contributed by atoms with E-state index in [1.54, 1.807) is 6.92 Å². The molecule has 0 spiro atoms. The molecule has 2 aromatic rings. The Balaban J connectivity index is 2.57. The predicted molar refractivity (Wildman–Crippen MR) is 60.7 cm³/mol. The Kier molecular flexibility index (Phi) is 2.93. The molecule has 0 saturated carbocycles. The van der Waals surface area contributed by atoms with Gasteiger partial charge in [-0.05, 0) is 41.1 Å². The summed E-state index contributed by atoms with van der Waals surface area (Å²) in [6.45, 7) is 1.58. The Bertz CT molecular complexity index is 597. The number of aromatic carboxylic acids is 1. The molecule has 0 aliphatic carbocycles. The van der Waals surface area contributed by atoms with Gasteiger partial charge in [0.05, 0.1) is 11.4 Å². The third-order valence-corrected chi connectivity index (χ3v) is 2.87. The van der Waals surface area contributed by atoms with Gasteiger partial charge >= 0.3 is 5.97 Å². The Labute approximate surface area is 104 Å². The van der Waals surface area contributed by atoms with E-state index in [-0.39, 0.29) is 5.69 Å². The van der Waals surface area contributed by atoms with Gasteiger partial charge in [-0.2, -0.15) is 0 Å². The van der Waals surface area contributed by atoms with Gasteiger partial charge in [0.2, 0.25) is 0 Å². The number of carbonyl (C=O) groups is 1. The molecule has 0 fully saturated rings. The topological polar surface area (TPSA) is 68.0 Å². The number of carboxylic acids is 1. The highest BCUT2D eigenvalue weighted by molar-refractivity contribution is 9.10. The molecule has 0 amide bonds. The highest BCUT2D eigenvalue weighted by Crippen LogP contribution is 2.23. The standard InChI is InChI=1S/C10H7BrFN3O2/c1-5-9(10(16)17)13-14-15(5)8-3-2-6(12)4-7(8)11/h2-4H,1H3,(H,16,17). The Morgan fingerprint density at radius 1 is 1.53 bits per heavy atom. The van der Waals surface area contributed by atoms with Crippen molar-refractivity contribution in [3.05, 3.63) is 39.9 Å². The SMILES string of the molecule is Cc1c(C(=O)O)nnn1-c1ccc(F)cc1Br. The smallest absolute Gasteiger partial charge is 0.358 e. The molecule has 0 aliphatic heterocycles. The zero-order chi connectivity index (χ0) is 12.6. The number of nitrogens with zero attached hydrogens (tertiary/aromatic N) is 3. The predicted octanol–water partition coefficient (Wildman–Crippen LogP) is 2.18. The molecular formula is C10H7BrFN3O2. The van der Waals surface area contributed by atoms with Gasteiger partial charge < -0.3 is 5.11 Å². The van der Waals surface area contributed by atoms with Crippen LogP contribution < -0.4 is 0 Å². The third kappa shape index (κ3) is 2.05. The number of rotatable bonds is 2. The van der Waals surface area contributed by atoms with E-state index in [1.165, 1.54) is 22.9 Å². The van der Waals surface area contributed by atoms with Crippen molar-refractivity contribution < 1.29 is 14.3 Å². The van der Waals surface area contributed by atoms with Crippen molar-refractivity contribution in [3.8, 4) is 5.69 Å². The lowest BCUT2D eigenvalue weighted by molar-refractivity contribution is 0.0689. The van der Waals surface area contributed by atoms with Crippen molar-refractivity contribution in [2.45, 2.75) is 6.92 Å². The number of hydrogen-bond acceptors (Lipinski definition) is 3. The highest BCUT2D eigenvalue weighted by atomic mass is 79.9. The van der Waals surface area contributed by atoms with Crippen molar-refractivity contribution in [1.82, 2.24) is 15.0 Å². The number of carboxylic acid groups (broad SMARTS) is 1. The first-order valence-corrected chi connectivity index (χ1v) is 5.41. The molecule has 1 N–H and O–H groups in total. The summed E-state index contributed by atoms with van der Waals surface area (Å²) < 4.78 is 14.7. The van der Waals surface area contributed by atoms with Gasteiger partial charge in [-0.25, -0.2) is 13.9 Å². The number of hydrogen-bond donors (Lipinski definition) is 1. The monoisotopic (exact) mass is 299 g/mol. The van der Waals surface area contributed by atoms with Crippen LogP contribution in [0, 0.1) is 12.7 Å². The van der Waals surface area contributed by atoms with Crippen LogP contribution in [0.2, 0.25) is 0 Å². The molecule has 5 nitrogen and oxygen atoms in total. The first kappa shape index (κ1) is 11.7. The number of aromatic nitrogens is 3. The fourth-order valence-electron chi connectivity index (χ4n) is 1.41. The summed E-state index contributed by atoms with van der Waals surface area (Å²) in [5.41, 5.74) is 0.787. The minimum absolute atomic E-state index is 0.124. The van der Waals surface area contributed by atoms with Crippen LogP contribution in [0.25, 0.3) is 5.69 Å². The first-order valence-electron chi connectivity index (χ1n) is 4.61. The van der Waals surface area contributed by atoms with Crippen molar-refractivity contribution in [1.29, 1.82) is 0 Å². The van der Waals surface area contributed by atoms with E-state index in [2.05, 4.69) is 26.2 Å². The van der Waals surface area contributed by atoms with Gasteiger partial charge in [-0.3, -0.25) is 0 Å². The molecule has 0 unspecified atom stereocenters. The summed E-state index contributed by atoms with van der Waals surface area (Å²) in [5, 5.41) is 16.1. The minimum Gasteiger partial charge on any atom is -0.476 e. The fraction of sp³-hybridized carbons (Fsp3) is 0.100. The molecular weight excluding hydrogens is 293 g/mol. The zero-order valence-corrected chi connectivity index (χ0v) is 10.3. The van der Waals surface area contributed by atoms with E-state index in [0.29, 0.717) is 15.9 Å². The summed E-state index contributed by atoms with van der Waals surface area (Å²) in [5.74, 6) is -1.54. The minimum atomic E-state index is -1.15. The van der Waals surface area contributed by atoms with Gasteiger partial charge in [0.25, 0.3) is 0 Å². The van der Waals surface area contributed by atoms with Crippen molar-refractivity contribution >= 4 is 21.9 Å². The van der Waals surface area contributed by atoms with Gasteiger partial charge in [0.15, 0.2) is 5.69 Å². The Hall–Kier alpha value is -1.76. The number of halogens is 2. The van der Waals surface area contributed by atoms with Crippen LogP contribution in [0.4, 0.5) is 4.39 Å². The lowest BCUT2D eigenvalue weighted by atomic mass is 10.3. The first-order chi connectivity index (χ1) is 8.00. The quantitative estimate of drug-likeness (QED) is 0.923. The normalized spacial score (nSPS) is 10.5. The maximum Gasteiger partial charge on any atom is 0.358 e. The molecule has 1 aromatic heterocycles. The van der Waals surface area contributed by atoms with E-state index < -0.39 is 11.8 Å². The molecule has 1 aromatic carbocycles. The highest BCUT2D eigenvalue weighted by Gasteiger charge is 2.17. The molecule has 1 heterocycles. The van der Waals surface area contributed by atoms with Crippen molar-refractivity contribution in [3.63, 3.8) is 0 Å². The zero-order valence-electron chi connectivity index (χ0n) is 8.69. The molecule has 7 heteroatoms. The van der Waals surface area contributed by atoms with Gasteiger partial charge in [-0.15, -0.1) is 5.10 Å². The van der Waals surface area contributed by atoms with Crippen molar-refractivity contribution in [2.75, 3.05) is 0 Å². The van der Waals surface area contributed by atoms with Gasteiger partial charge in [0, 0.05) is 4.47 Å². The van der Waals surface area contributed by atoms with Gasteiger partial charge in [-0.1, -0.05) is 5.21 Å². The molecule has 0 radical (unpaired) electrons. The van der Waals surface area contributed by atoms with E-state index in [4.69, 9.17) is 5.11 Å². The second kappa shape index (κ2) is 4.25. The van der Waals surface area contributed by atoms with Crippen LogP contribution in [0.3, 0.4) is 0 Å². The average molecular weight is 300 g/mol. The summed E-state index contributed by atoms with van der Waals surface area (Å²) >= 11 is 3.19. The third-order valence-electron chi connectivity index (χ3n) is 2.24. The van der Waals surface area contributed by atoms with Crippen LogP contribution in [0.1, 0.15) is 16.2 Å². The van der Waals surface area contributed by atoms with Crippen LogP contribution in [0.5, 0.6) is 0 Å². The van der Waals surface area contributed by atoms with Gasteiger partial charge in [0.1, 0.15) is 5.82 Å². The lowest BCUT2D eigenvalue weighted by Gasteiger charge is -2.05. The Morgan fingerprint density at radius 2 is 2.24 bits per heavy atom. The van der Waals surface area contributed by atoms with Crippen molar-refractivity contribution in [2.24, 2.45) is 0 Å². The molecule has 17 heavy (non-hydrogen) atoms. The largest absolute Gasteiger partial charge is 0.476 e. The van der Waals surface area contributed by atoms with E-state index >= 15 is 0 Å². The van der Waals surface area contributed by atoms with E-state index in [0.717, 1.165) is 0 Å². The summed E-state index contributed by atoms with van der Waals surface area (Å²) in [6, 6.07) is 4.03. The van der Waals surface area contributed by atoms with Crippen LogP contribution in [-0.2, 0) is 0 Å². The fourth-order valence-corrected chi connectivity index (χ4v) is 1.93. The maximum atomic E-state index is 12.9. The molecule has 0 atom stereocenters. The average Bonchev–Trinajstić information content (AvgIpc) is 2.60. The van der Waals surface area contributed by atoms with E-state index in [1.807, 2.05) is 0 Å². The maximum absolute atomic E-state index is 12.9. The van der Waals surface area contributed by atoms with Crippen LogP contribution in [-0.4, -0.2) is 26.1 Å². The lowest BCUT2D eigenvalue weighted by Crippen LogP contribution is -2.03.